The first-order valence-electron chi connectivity index (χ1n) is 18.5. The van der Waals surface area contributed by atoms with E-state index in [1.54, 1.807) is 0 Å². The summed E-state index contributed by atoms with van der Waals surface area (Å²) < 4.78 is 4.55. The van der Waals surface area contributed by atoms with E-state index in [4.69, 9.17) is 4.99 Å². The van der Waals surface area contributed by atoms with Crippen LogP contribution in [0.3, 0.4) is 0 Å². The van der Waals surface area contributed by atoms with Crippen molar-refractivity contribution < 1.29 is 0 Å². The van der Waals surface area contributed by atoms with Crippen molar-refractivity contribution in [3.63, 3.8) is 0 Å². The number of nitrogens with zero attached hydrogens (tertiary/aromatic N) is 3. The lowest BCUT2D eigenvalue weighted by Crippen LogP contribution is -2.25. The number of aromatic nitrogens is 2. The molecule has 0 amide bonds. The molecule has 0 fully saturated rings. The standard InChI is InChI=1S/C50H35N5/c51-49(39-24-14-22-37(32-39)34-16-4-1-5-17-34)52-50(36-20-8-3-9-21-36)53-55-45-29-13-11-27-43(45)47-46(55)31-30-42-41-26-10-12-28-44(41)54(48(42)47)40-25-15-23-38(33-40)35-18-6-2-7-19-35/h1-33H,(H2,51,52,53). The van der Waals surface area contributed by atoms with Crippen molar-refractivity contribution in [2.24, 2.45) is 4.99 Å². The van der Waals surface area contributed by atoms with E-state index < -0.39 is 0 Å². The highest BCUT2D eigenvalue weighted by atomic mass is 15.4. The van der Waals surface area contributed by atoms with Crippen LogP contribution >= 0.6 is 0 Å². The summed E-state index contributed by atoms with van der Waals surface area (Å²) in [6, 6.07) is 69.4. The third kappa shape index (κ3) is 5.66. The Balaban J connectivity index is 1.18. The molecule has 5 nitrogen and oxygen atoms in total. The average Bonchev–Trinajstić information content (AvgIpc) is 3.77. The summed E-state index contributed by atoms with van der Waals surface area (Å²) in [4.78, 5) is 5.00. The van der Waals surface area contributed by atoms with Crippen molar-refractivity contribution in [3.05, 3.63) is 211 Å². The average molecular weight is 706 g/mol. The minimum absolute atomic E-state index is 0.172. The van der Waals surface area contributed by atoms with E-state index >= 15 is 0 Å². The fraction of sp³-hybridized carbons (Fsp3) is 0. The van der Waals surface area contributed by atoms with Crippen LogP contribution in [-0.2, 0) is 0 Å². The van der Waals surface area contributed by atoms with Gasteiger partial charge in [-0.15, -0.1) is 0 Å². The van der Waals surface area contributed by atoms with Crippen molar-refractivity contribution in [2.75, 3.05) is 5.43 Å². The Morgan fingerprint density at radius 2 is 1.00 bits per heavy atom. The van der Waals surface area contributed by atoms with Crippen LogP contribution in [0.5, 0.6) is 0 Å². The van der Waals surface area contributed by atoms with E-state index in [0.717, 1.165) is 60.8 Å². The lowest BCUT2D eigenvalue weighted by Gasteiger charge is -2.15. The second-order valence-corrected chi connectivity index (χ2v) is 13.7. The summed E-state index contributed by atoms with van der Waals surface area (Å²) in [6.07, 6.45) is 0. The number of hydrogen-bond donors (Lipinski definition) is 2. The summed E-state index contributed by atoms with van der Waals surface area (Å²) in [6.45, 7) is 0. The lowest BCUT2D eigenvalue weighted by atomic mass is 10.0. The van der Waals surface area contributed by atoms with Crippen LogP contribution in [-0.4, -0.2) is 20.9 Å². The molecular formula is C50H35N5. The van der Waals surface area contributed by atoms with Crippen molar-refractivity contribution in [3.8, 4) is 27.9 Å². The molecule has 2 N–H and O–H groups in total. The van der Waals surface area contributed by atoms with E-state index in [1.807, 2.05) is 66.7 Å². The van der Waals surface area contributed by atoms with Gasteiger partial charge in [0, 0.05) is 38.4 Å². The number of rotatable bonds is 6. The Hall–Kier alpha value is -7.50. The molecule has 0 radical (unpaired) electrons. The summed E-state index contributed by atoms with van der Waals surface area (Å²) >= 11 is 0. The highest BCUT2D eigenvalue weighted by Gasteiger charge is 2.21. The molecule has 55 heavy (non-hydrogen) atoms. The predicted molar refractivity (Wildman–Crippen MR) is 230 cm³/mol. The van der Waals surface area contributed by atoms with Crippen molar-refractivity contribution in [2.45, 2.75) is 0 Å². The van der Waals surface area contributed by atoms with Crippen LogP contribution in [0.25, 0.3) is 71.6 Å². The molecule has 0 aliphatic heterocycles. The van der Waals surface area contributed by atoms with Crippen molar-refractivity contribution in [1.29, 1.82) is 5.41 Å². The lowest BCUT2D eigenvalue weighted by molar-refractivity contribution is 1.08. The second kappa shape index (κ2) is 13.5. The zero-order valence-electron chi connectivity index (χ0n) is 29.9. The zero-order chi connectivity index (χ0) is 36.7. The monoisotopic (exact) mass is 705 g/mol. The Labute approximate surface area is 318 Å². The molecule has 0 saturated carbocycles. The molecule has 0 unspecified atom stereocenters. The van der Waals surface area contributed by atoms with Gasteiger partial charge in [0.15, 0.2) is 11.7 Å². The van der Waals surface area contributed by atoms with Crippen LogP contribution in [0.4, 0.5) is 0 Å². The maximum absolute atomic E-state index is 9.26. The van der Waals surface area contributed by atoms with Gasteiger partial charge in [-0.2, -0.15) is 0 Å². The zero-order valence-corrected chi connectivity index (χ0v) is 29.9. The number of nitrogens with one attached hydrogen (secondary N) is 2. The molecule has 10 rings (SSSR count). The Kier molecular flexibility index (Phi) is 7.89. The molecule has 2 aromatic heterocycles. The van der Waals surface area contributed by atoms with Gasteiger partial charge < -0.3 is 4.57 Å². The molecule has 2 heterocycles. The van der Waals surface area contributed by atoms with Gasteiger partial charge in [0.2, 0.25) is 0 Å². The molecule has 5 heteroatoms. The second-order valence-electron chi connectivity index (χ2n) is 13.7. The van der Waals surface area contributed by atoms with Crippen molar-refractivity contribution >= 4 is 55.3 Å². The molecule has 10 aromatic rings. The molecule has 0 atom stereocenters. The van der Waals surface area contributed by atoms with Gasteiger partial charge in [-0.3, -0.25) is 15.5 Å². The SMILES string of the molecule is N=C(N=C(Nn1c2ccccc2c2c1ccc1c3ccccc3n(-c3cccc(-c4ccccc4)c3)c12)c1ccccc1)c1cccc(-c2ccccc2)c1. The first-order valence-corrected chi connectivity index (χ1v) is 18.5. The highest BCUT2D eigenvalue weighted by Crippen LogP contribution is 2.41. The maximum Gasteiger partial charge on any atom is 0.154 e. The molecule has 0 spiro atoms. The number of hydrogen-bond acceptors (Lipinski definition) is 1. The molecule has 0 saturated heterocycles. The topological polar surface area (TPSA) is 58.1 Å². The van der Waals surface area contributed by atoms with E-state index in [1.165, 1.54) is 21.9 Å². The third-order valence-corrected chi connectivity index (χ3v) is 10.4. The van der Waals surface area contributed by atoms with Crippen LogP contribution in [0.15, 0.2) is 205 Å². The number of aliphatic imine (C=N–C) groups is 1. The van der Waals surface area contributed by atoms with E-state index in [0.29, 0.717) is 5.84 Å². The summed E-state index contributed by atoms with van der Waals surface area (Å²) in [5, 5.41) is 13.9. The van der Waals surface area contributed by atoms with Gasteiger partial charge in [0.05, 0.1) is 22.1 Å². The normalized spacial score (nSPS) is 11.8. The Bertz CT molecular complexity index is 3060. The maximum atomic E-state index is 9.26. The minimum atomic E-state index is 0.172. The largest absolute Gasteiger partial charge is 0.309 e. The van der Waals surface area contributed by atoms with E-state index in [-0.39, 0.29) is 5.84 Å². The first kappa shape index (κ1) is 32.2. The Morgan fingerprint density at radius 3 is 1.73 bits per heavy atom. The van der Waals surface area contributed by atoms with Crippen LogP contribution < -0.4 is 5.43 Å². The smallest absolute Gasteiger partial charge is 0.154 e. The summed E-state index contributed by atoms with van der Waals surface area (Å²) in [7, 11) is 0. The van der Waals surface area contributed by atoms with Gasteiger partial charge in [-0.1, -0.05) is 164 Å². The fourth-order valence-electron chi connectivity index (χ4n) is 7.86. The van der Waals surface area contributed by atoms with Gasteiger partial charge in [0.25, 0.3) is 0 Å². The van der Waals surface area contributed by atoms with Crippen LogP contribution in [0.2, 0.25) is 0 Å². The number of fused-ring (bicyclic) bond motifs is 7. The number of benzene rings is 8. The number of amidine groups is 2. The molecule has 8 aromatic carbocycles. The third-order valence-electron chi connectivity index (χ3n) is 10.4. The highest BCUT2D eigenvalue weighted by molar-refractivity contribution is 6.26. The first-order chi connectivity index (χ1) is 27.2. The summed E-state index contributed by atoms with van der Waals surface area (Å²) in [5.41, 5.74) is 15.2. The van der Waals surface area contributed by atoms with Gasteiger partial charge in [-0.05, 0) is 58.7 Å². The quantitative estimate of drug-likeness (QED) is 0.131. The van der Waals surface area contributed by atoms with Gasteiger partial charge in [0.1, 0.15) is 0 Å². The summed E-state index contributed by atoms with van der Waals surface area (Å²) in [5.74, 6) is 0.750. The van der Waals surface area contributed by atoms with E-state index in [9.17, 15) is 5.41 Å². The van der Waals surface area contributed by atoms with Crippen LogP contribution in [0.1, 0.15) is 11.1 Å². The van der Waals surface area contributed by atoms with Gasteiger partial charge >= 0.3 is 0 Å². The molecule has 0 aliphatic rings. The van der Waals surface area contributed by atoms with Crippen LogP contribution in [0, 0.1) is 5.41 Å². The van der Waals surface area contributed by atoms with Gasteiger partial charge in [-0.25, -0.2) is 4.99 Å². The number of para-hydroxylation sites is 2. The molecule has 0 bridgehead atoms. The van der Waals surface area contributed by atoms with Crippen molar-refractivity contribution in [1.82, 2.24) is 9.24 Å². The minimum Gasteiger partial charge on any atom is -0.309 e. The molecule has 0 aliphatic carbocycles. The molecule has 260 valence electrons. The van der Waals surface area contributed by atoms with E-state index in [2.05, 4.69) is 148 Å². The predicted octanol–water partition coefficient (Wildman–Crippen LogP) is 12.2. The molecular weight excluding hydrogens is 671 g/mol. The Morgan fingerprint density at radius 1 is 0.436 bits per heavy atom. The fourth-order valence-corrected chi connectivity index (χ4v) is 7.86.